The van der Waals surface area contributed by atoms with E-state index < -0.39 is 5.97 Å². The van der Waals surface area contributed by atoms with Crippen LogP contribution >= 0.6 is 0 Å². The number of ether oxygens (including phenoxy) is 1. The van der Waals surface area contributed by atoms with Crippen molar-refractivity contribution in [1.29, 1.82) is 0 Å². The number of esters is 1. The maximum atomic E-state index is 12.4. The molecule has 0 spiro atoms. The third-order valence-electron chi connectivity index (χ3n) is 5.22. The summed E-state index contributed by atoms with van der Waals surface area (Å²) in [5, 5.41) is 0. The van der Waals surface area contributed by atoms with Crippen molar-refractivity contribution in [2.24, 2.45) is 0 Å². The summed E-state index contributed by atoms with van der Waals surface area (Å²) in [4.78, 5) is 38.3. The van der Waals surface area contributed by atoms with Crippen molar-refractivity contribution in [2.45, 2.75) is 32.1 Å². The van der Waals surface area contributed by atoms with E-state index in [0.29, 0.717) is 29.8 Å². The Kier molecular flexibility index (Phi) is 4.75. The Labute approximate surface area is 157 Å². The van der Waals surface area contributed by atoms with Gasteiger partial charge in [-0.05, 0) is 61.1 Å². The summed E-state index contributed by atoms with van der Waals surface area (Å²) in [6.07, 6.45) is 4.54. The van der Waals surface area contributed by atoms with Gasteiger partial charge in [-0.25, -0.2) is 4.79 Å². The fourth-order valence-electron chi connectivity index (χ4n) is 3.76. The molecule has 0 N–H and O–H groups in total. The number of rotatable bonds is 5. The van der Waals surface area contributed by atoms with Gasteiger partial charge in [0.25, 0.3) is 0 Å². The lowest BCUT2D eigenvalue weighted by molar-refractivity contribution is -0.117. The largest absolute Gasteiger partial charge is 0.454 e. The monoisotopic (exact) mass is 363 g/mol. The van der Waals surface area contributed by atoms with E-state index in [2.05, 4.69) is 0 Å². The lowest BCUT2D eigenvalue weighted by Gasteiger charge is -2.16. The van der Waals surface area contributed by atoms with E-state index in [9.17, 15) is 14.4 Å². The molecule has 0 unspecified atom stereocenters. The summed E-state index contributed by atoms with van der Waals surface area (Å²) in [6, 6.07) is 12.5. The fraction of sp³-hybridized carbons (Fsp3) is 0.318. The van der Waals surface area contributed by atoms with Gasteiger partial charge in [0.05, 0.1) is 5.56 Å². The minimum Gasteiger partial charge on any atom is -0.454 e. The summed E-state index contributed by atoms with van der Waals surface area (Å²) < 4.78 is 5.22. The minimum absolute atomic E-state index is 0.0623. The number of ketones is 1. The van der Waals surface area contributed by atoms with E-state index in [1.807, 2.05) is 12.1 Å². The molecule has 27 heavy (non-hydrogen) atoms. The highest BCUT2D eigenvalue weighted by molar-refractivity contribution is 6.00. The van der Waals surface area contributed by atoms with Gasteiger partial charge in [0.1, 0.15) is 0 Å². The van der Waals surface area contributed by atoms with E-state index in [0.717, 1.165) is 25.7 Å². The van der Waals surface area contributed by atoms with Gasteiger partial charge in [-0.1, -0.05) is 18.2 Å². The van der Waals surface area contributed by atoms with Crippen molar-refractivity contribution in [3.05, 3.63) is 64.7 Å². The summed E-state index contributed by atoms with van der Waals surface area (Å²) >= 11 is 0. The van der Waals surface area contributed by atoms with Gasteiger partial charge in [-0.3, -0.25) is 9.59 Å². The Balaban J connectivity index is 1.40. The summed E-state index contributed by atoms with van der Waals surface area (Å²) in [5.74, 6) is -0.700. The molecule has 0 radical (unpaired) electrons. The number of anilines is 1. The van der Waals surface area contributed by atoms with Gasteiger partial charge in [-0.2, -0.15) is 0 Å². The smallest absolute Gasteiger partial charge is 0.338 e. The first-order valence-electron chi connectivity index (χ1n) is 9.34. The lowest BCUT2D eigenvalue weighted by Crippen LogP contribution is -2.24. The molecule has 5 heteroatoms. The molecule has 2 aromatic rings. The molecule has 1 fully saturated rings. The van der Waals surface area contributed by atoms with Gasteiger partial charge >= 0.3 is 5.97 Å². The highest BCUT2D eigenvalue weighted by Gasteiger charge is 2.23. The summed E-state index contributed by atoms with van der Waals surface area (Å²) in [6.45, 7) is 0.374. The van der Waals surface area contributed by atoms with Crippen LogP contribution in [0.1, 0.15) is 51.1 Å². The molecule has 1 saturated heterocycles. The maximum Gasteiger partial charge on any atom is 0.338 e. The first kappa shape index (κ1) is 17.5. The van der Waals surface area contributed by atoms with Gasteiger partial charge in [0, 0.05) is 24.2 Å². The predicted molar refractivity (Wildman–Crippen MR) is 101 cm³/mol. The van der Waals surface area contributed by atoms with Crippen LogP contribution in [0.15, 0.2) is 42.5 Å². The van der Waals surface area contributed by atoms with Gasteiger partial charge in [-0.15, -0.1) is 0 Å². The average Bonchev–Trinajstić information content (AvgIpc) is 3.33. The van der Waals surface area contributed by atoms with Gasteiger partial charge < -0.3 is 9.64 Å². The topological polar surface area (TPSA) is 63.7 Å². The Morgan fingerprint density at radius 3 is 2.59 bits per heavy atom. The third kappa shape index (κ3) is 3.63. The molecule has 5 nitrogen and oxygen atoms in total. The number of Topliss-reactive ketones (excluding diaryl/α,β-unsaturated/α-hetero) is 1. The first-order valence-corrected chi connectivity index (χ1v) is 9.34. The molecule has 1 heterocycles. The Bertz CT molecular complexity index is 918. The van der Waals surface area contributed by atoms with Crippen LogP contribution in [0.2, 0.25) is 0 Å². The second-order valence-electron chi connectivity index (χ2n) is 7.04. The van der Waals surface area contributed by atoms with Crippen molar-refractivity contribution >= 4 is 23.3 Å². The summed E-state index contributed by atoms with van der Waals surface area (Å²) in [5.41, 5.74) is 4.14. The van der Waals surface area contributed by atoms with Crippen molar-refractivity contribution < 1.29 is 19.1 Å². The number of carbonyl (C=O) groups is 3. The Morgan fingerprint density at radius 1 is 0.926 bits per heavy atom. The van der Waals surface area contributed by atoms with Gasteiger partial charge in [0.15, 0.2) is 12.4 Å². The number of hydrogen-bond donors (Lipinski definition) is 0. The number of benzene rings is 2. The molecule has 0 bridgehead atoms. The van der Waals surface area contributed by atoms with Crippen LogP contribution in [0.25, 0.3) is 0 Å². The van der Waals surface area contributed by atoms with E-state index in [1.165, 1.54) is 11.1 Å². The molecule has 0 saturated carbocycles. The first-order chi connectivity index (χ1) is 13.1. The maximum absolute atomic E-state index is 12.4. The fourth-order valence-corrected chi connectivity index (χ4v) is 3.76. The minimum atomic E-state index is -0.557. The molecule has 2 aromatic carbocycles. The number of aryl methyl sites for hydroxylation is 2. The highest BCUT2D eigenvalue weighted by Crippen LogP contribution is 2.24. The number of hydrogen-bond acceptors (Lipinski definition) is 4. The van der Waals surface area contributed by atoms with Crippen molar-refractivity contribution in [3.63, 3.8) is 0 Å². The van der Waals surface area contributed by atoms with Crippen LogP contribution in [-0.4, -0.2) is 30.8 Å². The van der Waals surface area contributed by atoms with E-state index in [4.69, 9.17) is 4.74 Å². The predicted octanol–water partition coefficient (Wildman–Crippen LogP) is 3.34. The molecule has 0 atom stereocenters. The van der Waals surface area contributed by atoms with Crippen LogP contribution in [0.3, 0.4) is 0 Å². The normalized spacial score (nSPS) is 15.7. The third-order valence-corrected chi connectivity index (χ3v) is 5.22. The zero-order valence-electron chi connectivity index (χ0n) is 15.1. The van der Waals surface area contributed by atoms with Crippen LogP contribution in [0.5, 0.6) is 0 Å². The molecule has 1 aliphatic heterocycles. The number of nitrogens with zero attached hydrogens (tertiary/aromatic N) is 1. The van der Waals surface area contributed by atoms with Crippen molar-refractivity contribution in [1.82, 2.24) is 0 Å². The van der Waals surface area contributed by atoms with E-state index >= 15 is 0 Å². The average molecular weight is 363 g/mol. The molecule has 1 amide bonds. The molecule has 2 aliphatic rings. The Hall–Kier alpha value is -2.95. The second kappa shape index (κ2) is 7.35. The standard InChI is InChI=1S/C22H21NO4/c24-20(17-10-9-15-4-1-5-16(15)12-17)14-27-22(26)18-6-2-7-19(13-18)23-11-3-8-21(23)25/h2,6-7,9-10,12-13H,1,3-5,8,11,14H2. The van der Waals surface area contributed by atoms with Crippen LogP contribution in [-0.2, 0) is 22.4 Å². The second-order valence-corrected chi connectivity index (χ2v) is 7.04. The zero-order valence-corrected chi connectivity index (χ0v) is 15.1. The van der Waals surface area contributed by atoms with Crippen LogP contribution in [0.4, 0.5) is 5.69 Å². The van der Waals surface area contributed by atoms with E-state index in [1.54, 1.807) is 35.2 Å². The highest BCUT2D eigenvalue weighted by atomic mass is 16.5. The van der Waals surface area contributed by atoms with Crippen molar-refractivity contribution in [3.8, 4) is 0 Å². The molecule has 1 aliphatic carbocycles. The quantitative estimate of drug-likeness (QED) is 0.604. The molecule has 0 aromatic heterocycles. The number of carbonyl (C=O) groups excluding carboxylic acids is 3. The number of fused-ring (bicyclic) bond motifs is 1. The van der Waals surface area contributed by atoms with Gasteiger partial charge in [0.2, 0.25) is 5.91 Å². The molecule has 4 rings (SSSR count). The number of amides is 1. The van der Waals surface area contributed by atoms with Crippen molar-refractivity contribution in [2.75, 3.05) is 18.1 Å². The lowest BCUT2D eigenvalue weighted by atomic mass is 10.0. The zero-order chi connectivity index (χ0) is 18.8. The van der Waals surface area contributed by atoms with Crippen LogP contribution in [0, 0.1) is 0 Å². The van der Waals surface area contributed by atoms with Crippen LogP contribution < -0.4 is 4.90 Å². The molecular formula is C22H21NO4. The molecular weight excluding hydrogens is 342 g/mol. The van der Waals surface area contributed by atoms with E-state index in [-0.39, 0.29) is 18.3 Å². The summed E-state index contributed by atoms with van der Waals surface area (Å²) in [7, 11) is 0. The molecule has 138 valence electrons. The Morgan fingerprint density at radius 2 is 1.78 bits per heavy atom. The SMILES string of the molecule is O=C(COC(=O)c1cccc(N2CCCC2=O)c1)c1ccc2c(c1)CCC2.